The standard InChI is InChI=1S/C29H33N9OS/c1-17-16-32-11-5-12-38(17)23-14-21(20-8-13-37(2)35-20)33-28(34-23)25-18-6-3-9-29(26(18)39-36-25)10-4-7-22-24(29)19(15-30)27(31)40-22/h8,13-14,17,32H,3-7,9-12,16,31H2,1-2H3/t17-,29-/m0/s1. The second-order valence-corrected chi connectivity index (χ2v) is 12.4. The molecule has 0 aromatic carbocycles. The molecule has 1 fully saturated rings. The van der Waals surface area contributed by atoms with Crippen LogP contribution in [0.3, 0.4) is 0 Å². The topological polar surface area (TPSA) is 135 Å². The molecule has 3 N–H and O–H groups in total. The van der Waals surface area contributed by atoms with Crippen LogP contribution in [0.4, 0.5) is 10.8 Å². The van der Waals surface area contributed by atoms with Crippen molar-refractivity contribution in [3.63, 3.8) is 0 Å². The Balaban J connectivity index is 1.39. The van der Waals surface area contributed by atoms with Crippen LogP contribution in [0.1, 0.15) is 66.4 Å². The molecule has 0 bridgehead atoms. The van der Waals surface area contributed by atoms with Crippen LogP contribution in [0.5, 0.6) is 0 Å². The molecule has 2 aliphatic carbocycles. The molecule has 1 saturated heterocycles. The van der Waals surface area contributed by atoms with Crippen molar-refractivity contribution >= 4 is 22.2 Å². The van der Waals surface area contributed by atoms with E-state index < -0.39 is 0 Å². The Labute approximate surface area is 237 Å². The molecule has 3 aliphatic rings. The van der Waals surface area contributed by atoms with Crippen molar-refractivity contribution in [3.05, 3.63) is 45.7 Å². The van der Waals surface area contributed by atoms with E-state index in [-0.39, 0.29) is 11.5 Å². The molecular weight excluding hydrogens is 522 g/mol. The molecule has 0 amide bonds. The average molecular weight is 556 g/mol. The lowest BCUT2D eigenvalue weighted by molar-refractivity contribution is 0.265. The van der Waals surface area contributed by atoms with Crippen molar-refractivity contribution < 1.29 is 4.52 Å². The summed E-state index contributed by atoms with van der Waals surface area (Å²) in [4.78, 5) is 13.7. The number of nitrogens with one attached hydrogen (secondary N) is 1. The monoisotopic (exact) mass is 555 g/mol. The zero-order valence-corrected chi connectivity index (χ0v) is 23.7. The Morgan fingerprint density at radius 3 is 2.85 bits per heavy atom. The van der Waals surface area contributed by atoms with Gasteiger partial charge in [0.25, 0.3) is 0 Å². The minimum Gasteiger partial charge on any atom is -0.389 e. The predicted octanol–water partition coefficient (Wildman–Crippen LogP) is 4.19. The summed E-state index contributed by atoms with van der Waals surface area (Å²) in [6, 6.07) is 6.71. The second kappa shape index (κ2) is 9.71. The molecule has 7 rings (SSSR count). The van der Waals surface area contributed by atoms with E-state index in [2.05, 4.69) is 33.5 Å². The molecule has 206 valence electrons. The zero-order valence-electron chi connectivity index (χ0n) is 22.9. The van der Waals surface area contributed by atoms with Crippen LogP contribution >= 0.6 is 11.3 Å². The highest BCUT2D eigenvalue weighted by molar-refractivity contribution is 7.16. The molecule has 10 nitrogen and oxygen atoms in total. The van der Waals surface area contributed by atoms with Crippen molar-refractivity contribution in [2.75, 3.05) is 30.3 Å². The van der Waals surface area contributed by atoms with E-state index in [4.69, 9.17) is 20.2 Å². The third-order valence-corrected chi connectivity index (χ3v) is 9.86. The van der Waals surface area contributed by atoms with Crippen LogP contribution in [0, 0.1) is 11.3 Å². The van der Waals surface area contributed by atoms with Gasteiger partial charge >= 0.3 is 0 Å². The molecule has 40 heavy (non-hydrogen) atoms. The third kappa shape index (κ3) is 3.92. The molecule has 4 aromatic heterocycles. The fraction of sp³-hybridized carbons (Fsp3) is 0.483. The van der Waals surface area contributed by atoms with Crippen LogP contribution in [0.2, 0.25) is 0 Å². The molecule has 1 spiro atoms. The quantitative estimate of drug-likeness (QED) is 0.381. The highest BCUT2D eigenvalue weighted by atomic mass is 32.1. The van der Waals surface area contributed by atoms with Crippen LogP contribution < -0.4 is 16.0 Å². The first-order valence-corrected chi connectivity index (χ1v) is 15.0. The first-order valence-electron chi connectivity index (χ1n) is 14.2. The van der Waals surface area contributed by atoms with E-state index in [0.717, 1.165) is 98.7 Å². The zero-order chi connectivity index (χ0) is 27.4. The minimum absolute atomic E-state index is 0.283. The van der Waals surface area contributed by atoms with Gasteiger partial charge in [-0.15, -0.1) is 11.3 Å². The summed E-state index contributed by atoms with van der Waals surface area (Å²) in [5, 5.41) is 23.5. The maximum absolute atomic E-state index is 10.0. The lowest BCUT2D eigenvalue weighted by Crippen LogP contribution is -2.38. The SMILES string of the molecule is C[C@H]1CNCCCN1c1cc(-c2ccn(C)n2)nc(-c2noc3c2CCC[C@@]32CCCc3sc(N)c(C#N)c32)n1. The molecule has 0 saturated carbocycles. The number of nitrogens with zero attached hydrogens (tertiary/aromatic N) is 7. The number of aryl methyl sites for hydroxylation is 2. The van der Waals surface area contributed by atoms with Crippen molar-refractivity contribution in [1.29, 1.82) is 5.26 Å². The van der Waals surface area contributed by atoms with Gasteiger partial charge < -0.3 is 20.5 Å². The van der Waals surface area contributed by atoms with Gasteiger partial charge in [0.05, 0.1) is 16.7 Å². The Kier molecular flexibility index (Phi) is 6.13. The summed E-state index contributed by atoms with van der Waals surface area (Å²) >= 11 is 1.56. The summed E-state index contributed by atoms with van der Waals surface area (Å²) in [5.41, 5.74) is 11.0. The number of thiophene rings is 1. The van der Waals surface area contributed by atoms with Crippen LogP contribution in [-0.2, 0) is 25.3 Å². The summed E-state index contributed by atoms with van der Waals surface area (Å²) in [7, 11) is 1.91. The smallest absolute Gasteiger partial charge is 0.184 e. The number of aromatic nitrogens is 5. The van der Waals surface area contributed by atoms with Gasteiger partial charge in [-0.05, 0) is 70.0 Å². The van der Waals surface area contributed by atoms with E-state index in [0.29, 0.717) is 22.1 Å². The largest absolute Gasteiger partial charge is 0.389 e. The maximum atomic E-state index is 10.0. The van der Waals surface area contributed by atoms with E-state index in [1.807, 2.05) is 25.4 Å². The van der Waals surface area contributed by atoms with Gasteiger partial charge in [0.15, 0.2) is 17.3 Å². The number of rotatable bonds is 3. The number of hydrogen-bond acceptors (Lipinski definition) is 10. The highest BCUT2D eigenvalue weighted by Crippen LogP contribution is 2.55. The Morgan fingerprint density at radius 1 is 1.20 bits per heavy atom. The van der Waals surface area contributed by atoms with Crippen molar-refractivity contribution in [2.24, 2.45) is 7.05 Å². The Bertz CT molecular complexity index is 1620. The van der Waals surface area contributed by atoms with Gasteiger partial charge in [0.2, 0.25) is 0 Å². The fourth-order valence-electron chi connectivity index (χ4n) is 6.94. The minimum atomic E-state index is -0.377. The first-order chi connectivity index (χ1) is 19.5. The Morgan fingerprint density at radius 2 is 2.05 bits per heavy atom. The van der Waals surface area contributed by atoms with E-state index >= 15 is 0 Å². The summed E-state index contributed by atoms with van der Waals surface area (Å²) < 4.78 is 8.05. The molecule has 0 radical (unpaired) electrons. The van der Waals surface area contributed by atoms with Gasteiger partial charge in [-0.3, -0.25) is 4.68 Å². The van der Waals surface area contributed by atoms with Gasteiger partial charge in [-0.25, -0.2) is 9.97 Å². The number of fused-ring (bicyclic) bond motifs is 4. The number of nitriles is 1. The van der Waals surface area contributed by atoms with Crippen LogP contribution in [0.15, 0.2) is 22.9 Å². The van der Waals surface area contributed by atoms with Gasteiger partial charge in [0, 0.05) is 48.9 Å². The number of anilines is 2. The molecule has 4 aromatic rings. The van der Waals surface area contributed by atoms with Crippen LogP contribution in [-0.4, -0.2) is 50.6 Å². The second-order valence-electron chi connectivity index (χ2n) is 11.3. The van der Waals surface area contributed by atoms with Crippen molar-refractivity contribution in [1.82, 2.24) is 30.2 Å². The van der Waals surface area contributed by atoms with Gasteiger partial charge in [-0.1, -0.05) is 5.16 Å². The van der Waals surface area contributed by atoms with E-state index in [1.54, 1.807) is 16.0 Å². The summed E-state index contributed by atoms with van der Waals surface area (Å²) in [6.45, 7) is 5.02. The predicted molar refractivity (Wildman–Crippen MR) is 154 cm³/mol. The molecular formula is C29H33N9OS. The van der Waals surface area contributed by atoms with Gasteiger partial charge in [-0.2, -0.15) is 10.4 Å². The normalized spacial score (nSPS) is 22.5. The average Bonchev–Trinajstić information content (AvgIpc) is 3.63. The number of hydrogen-bond donors (Lipinski definition) is 2. The van der Waals surface area contributed by atoms with E-state index in [1.165, 1.54) is 4.88 Å². The Hall–Kier alpha value is -3.75. The lowest BCUT2D eigenvalue weighted by Gasteiger charge is -2.39. The number of nitrogen functional groups attached to an aromatic ring is 1. The molecule has 11 heteroatoms. The molecule has 2 atom stereocenters. The van der Waals surface area contributed by atoms with Gasteiger partial charge in [0.1, 0.15) is 22.6 Å². The molecule has 1 aliphatic heterocycles. The summed E-state index contributed by atoms with van der Waals surface area (Å²) in [6.07, 6.45) is 8.60. The fourth-order valence-corrected chi connectivity index (χ4v) is 8.10. The summed E-state index contributed by atoms with van der Waals surface area (Å²) in [5.74, 6) is 2.30. The van der Waals surface area contributed by atoms with Crippen molar-refractivity contribution in [3.8, 4) is 29.0 Å². The highest BCUT2D eigenvalue weighted by Gasteiger charge is 2.48. The third-order valence-electron chi connectivity index (χ3n) is 8.78. The number of nitrogens with two attached hydrogens (primary N) is 1. The maximum Gasteiger partial charge on any atom is 0.184 e. The van der Waals surface area contributed by atoms with Crippen LogP contribution in [0.25, 0.3) is 22.9 Å². The molecule has 5 heterocycles. The van der Waals surface area contributed by atoms with Crippen molar-refractivity contribution in [2.45, 2.75) is 63.3 Å². The first kappa shape index (κ1) is 25.2. The molecule has 0 unspecified atom stereocenters. The van der Waals surface area contributed by atoms with E-state index in [9.17, 15) is 5.26 Å². The lowest BCUT2D eigenvalue weighted by atomic mass is 9.63.